The van der Waals surface area contributed by atoms with E-state index in [9.17, 15) is 0 Å². The smallest absolute Gasteiger partial charge is 0.214 e. The van der Waals surface area contributed by atoms with Crippen molar-refractivity contribution in [1.29, 1.82) is 0 Å². The molecule has 0 radical (unpaired) electrons. The highest BCUT2D eigenvalue weighted by Gasteiger charge is 2.08. The first kappa shape index (κ1) is 14.4. The van der Waals surface area contributed by atoms with Gasteiger partial charge in [0.15, 0.2) is 5.15 Å². The van der Waals surface area contributed by atoms with Crippen molar-refractivity contribution in [3.05, 3.63) is 46.7 Å². The second-order valence-electron chi connectivity index (χ2n) is 4.24. The van der Waals surface area contributed by atoms with Crippen molar-refractivity contribution in [2.75, 3.05) is 11.8 Å². The Morgan fingerprint density at radius 1 is 1.24 bits per heavy atom. The SMILES string of the molecule is COc1ccc(NSc2c[nH]c3cc(Cl)ccc23)c(Cl)n1. The van der Waals surface area contributed by atoms with E-state index in [0.717, 1.165) is 21.5 Å². The van der Waals surface area contributed by atoms with Crippen LogP contribution < -0.4 is 9.46 Å². The Labute approximate surface area is 135 Å². The number of rotatable bonds is 4. The van der Waals surface area contributed by atoms with E-state index in [1.807, 2.05) is 30.5 Å². The number of aromatic nitrogens is 2. The van der Waals surface area contributed by atoms with Gasteiger partial charge in [-0.05, 0) is 30.1 Å². The summed E-state index contributed by atoms with van der Waals surface area (Å²) in [7, 11) is 1.55. The molecule has 0 aliphatic rings. The highest BCUT2D eigenvalue weighted by Crippen LogP contribution is 2.32. The number of fused-ring (bicyclic) bond motifs is 1. The molecule has 0 aliphatic heterocycles. The lowest BCUT2D eigenvalue weighted by Gasteiger charge is -2.07. The first-order valence-electron chi connectivity index (χ1n) is 6.07. The molecule has 21 heavy (non-hydrogen) atoms. The highest BCUT2D eigenvalue weighted by molar-refractivity contribution is 8.00. The van der Waals surface area contributed by atoms with E-state index in [4.69, 9.17) is 27.9 Å². The molecule has 0 aliphatic carbocycles. The van der Waals surface area contributed by atoms with Crippen molar-refractivity contribution in [2.45, 2.75) is 4.90 Å². The summed E-state index contributed by atoms with van der Waals surface area (Å²) in [6, 6.07) is 9.31. The van der Waals surface area contributed by atoms with Gasteiger partial charge in [-0.25, -0.2) is 0 Å². The first-order chi connectivity index (χ1) is 10.2. The van der Waals surface area contributed by atoms with Gasteiger partial charge in [-0.2, -0.15) is 4.98 Å². The van der Waals surface area contributed by atoms with Crippen LogP contribution in [0.2, 0.25) is 10.2 Å². The number of methoxy groups -OCH3 is 1. The average Bonchev–Trinajstić information content (AvgIpc) is 2.88. The van der Waals surface area contributed by atoms with E-state index >= 15 is 0 Å². The molecular formula is C14H11Cl2N3OS. The van der Waals surface area contributed by atoms with Gasteiger partial charge >= 0.3 is 0 Å². The Hall–Kier alpha value is -1.56. The van der Waals surface area contributed by atoms with Gasteiger partial charge in [-0.1, -0.05) is 29.3 Å². The van der Waals surface area contributed by atoms with Crippen LogP contribution in [0.3, 0.4) is 0 Å². The fourth-order valence-electron chi connectivity index (χ4n) is 1.87. The van der Waals surface area contributed by atoms with Crippen LogP contribution in [0, 0.1) is 0 Å². The number of ether oxygens (including phenoxy) is 1. The zero-order valence-corrected chi connectivity index (χ0v) is 13.3. The van der Waals surface area contributed by atoms with Gasteiger partial charge in [0.05, 0.1) is 17.7 Å². The van der Waals surface area contributed by atoms with Crippen LogP contribution in [-0.2, 0) is 0 Å². The van der Waals surface area contributed by atoms with E-state index in [0.29, 0.717) is 16.1 Å². The molecule has 0 spiro atoms. The van der Waals surface area contributed by atoms with Crippen molar-refractivity contribution >= 4 is 51.7 Å². The molecule has 3 aromatic rings. The van der Waals surface area contributed by atoms with Crippen molar-refractivity contribution in [2.24, 2.45) is 0 Å². The third-order valence-corrected chi connectivity index (χ3v) is 4.31. The molecule has 2 heterocycles. The Morgan fingerprint density at radius 2 is 2.10 bits per heavy atom. The van der Waals surface area contributed by atoms with Gasteiger partial charge < -0.3 is 14.4 Å². The molecule has 0 atom stereocenters. The van der Waals surface area contributed by atoms with Gasteiger partial charge in [-0.3, -0.25) is 0 Å². The number of aromatic amines is 1. The molecule has 0 saturated heterocycles. The van der Waals surface area contributed by atoms with Gasteiger partial charge in [0.25, 0.3) is 0 Å². The topological polar surface area (TPSA) is 49.9 Å². The largest absolute Gasteiger partial charge is 0.481 e. The molecule has 0 saturated carbocycles. The van der Waals surface area contributed by atoms with Crippen LogP contribution in [0.1, 0.15) is 0 Å². The van der Waals surface area contributed by atoms with Crippen LogP contribution in [0.5, 0.6) is 5.88 Å². The number of benzene rings is 1. The number of pyridine rings is 1. The summed E-state index contributed by atoms with van der Waals surface area (Å²) < 4.78 is 8.21. The summed E-state index contributed by atoms with van der Waals surface area (Å²) in [5, 5.41) is 2.16. The predicted molar refractivity (Wildman–Crippen MR) is 88.6 cm³/mol. The van der Waals surface area contributed by atoms with Gasteiger partial charge in [0.2, 0.25) is 5.88 Å². The van der Waals surface area contributed by atoms with E-state index in [1.165, 1.54) is 11.9 Å². The minimum atomic E-state index is 0.365. The lowest BCUT2D eigenvalue weighted by atomic mass is 10.2. The summed E-state index contributed by atoms with van der Waals surface area (Å²) in [6.07, 6.45) is 1.92. The Bertz CT molecular complexity index is 791. The lowest BCUT2D eigenvalue weighted by molar-refractivity contribution is 0.398. The second kappa shape index (κ2) is 6.05. The van der Waals surface area contributed by atoms with E-state index in [1.54, 1.807) is 13.2 Å². The number of H-pyrrole nitrogens is 1. The van der Waals surface area contributed by atoms with Crippen LogP contribution >= 0.6 is 35.1 Å². The molecular weight excluding hydrogens is 329 g/mol. The summed E-state index contributed by atoms with van der Waals surface area (Å²) in [6.45, 7) is 0. The van der Waals surface area contributed by atoms with Gasteiger partial charge in [0, 0.05) is 28.2 Å². The van der Waals surface area contributed by atoms with Crippen LogP contribution in [0.25, 0.3) is 10.9 Å². The standard InChI is InChI=1S/C14H11Cl2N3OS/c1-20-13-5-4-10(14(16)18-13)19-21-12-7-17-11-6-8(15)2-3-9(11)12/h2-7,17,19H,1H3. The summed E-state index contributed by atoms with van der Waals surface area (Å²) >= 11 is 13.5. The van der Waals surface area contributed by atoms with E-state index in [2.05, 4.69) is 14.7 Å². The van der Waals surface area contributed by atoms with Crippen LogP contribution in [0.15, 0.2) is 41.4 Å². The maximum absolute atomic E-state index is 6.10. The summed E-state index contributed by atoms with van der Waals surface area (Å²) in [4.78, 5) is 8.34. The molecule has 2 N–H and O–H groups in total. The second-order valence-corrected chi connectivity index (χ2v) is 5.88. The van der Waals surface area contributed by atoms with Crippen molar-refractivity contribution in [3.8, 4) is 5.88 Å². The molecule has 0 bridgehead atoms. The number of nitrogens with one attached hydrogen (secondary N) is 2. The monoisotopic (exact) mass is 339 g/mol. The normalized spacial score (nSPS) is 10.8. The molecule has 1 aromatic carbocycles. The molecule has 7 heteroatoms. The molecule has 108 valence electrons. The number of hydrogen-bond donors (Lipinski definition) is 2. The molecule has 3 rings (SSSR count). The molecule has 0 unspecified atom stereocenters. The zero-order chi connectivity index (χ0) is 14.8. The van der Waals surface area contributed by atoms with Crippen LogP contribution in [-0.4, -0.2) is 17.1 Å². The Balaban J connectivity index is 1.80. The number of nitrogens with zero attached hydrogens (tertiary/aromatic N) is 1. The van der Waals surface area contributed by atoms with Gasteiger partial charge in [0.1, 0.15) is 0 Å². The molecule has 0 fully saturated rings. The molecule has 0 amide bonds. The quantitative estimate of drug-likeness (QED) is 0.518. The maximum Gasteiger partial charge on any atom is 0.214 e. The third-order valence-electron chi connectivity index (χ3n) is 2.91. The molecule has 4 nitrogen and oxygen atoms in total. The predicted octanol–water partition coefficient (Wildman–Crippen LogP) is 5.00. The van der Waals surface area contributed by atoms with Crippen LogP contribution in [0.4, 0.5) is 5.69 Å². The number of halogens is 2. The third kappa shape index (κ3) is 3.05. The fourth-order valence-corrected chi connectivity index (χ4v) is 3.09. The average molecular weight is 340 g/mol. The fraction of sp³-hybridized carbons (Fsp3) is 0.0714. The van der Waals surface area contributed by atoms with E-state index < -0.39 is 0 Å². The molecule has 2 aromatic heterocycles. The summed E-state index contributed by atoms with van der Waals surface area (Å²) in [5.41, 5.74) is 1.72. The minimum Gasteiger partial charge on any atom is -0.481 e. The lowest BCUT2D eigenvalue weighted by Crippen LogP contribution is -1.92. The Morgan fingerprint density at radius 3 is 2.86 bits per heavy atom. The van der Waals surface area contributed by atoms with Crippen molar-refractivity contribution in [3.63, 3.8) is 0 Å². The highest BCUT2D eigenvalue weighted by atomic mass is 35.5. The van der Waals surface area contributed by atoms with E-state index in [-0.39, 0.29) is 0 Å². The zero-order valence-electron chi connectivity index (χ0n) is 11.0. The van der Waals surface area contributed by atoms with Gasteiger partial charge in [-0.15, -0.1) is 0 Å². The maximum atomic E-state index is 6.10. The minimum absolute atomic E-state index is 0.365. The van der Waals surface area contributed by atoms with Crippen molar-refractivity contribution in [1.82, 2.24) is 9.97 Å². The Kier molecular flexibility index (Phi) is 4.14. The first-order valence-corrected chi connectivity index (χ1v) is 7.64. The number of hydrogen-bond acceptors (Lipinski definition) is 4. The number of anilines is 1. The van der Waals surface area contributed by atoms with Crippen molar-refractivity contribution < 1.29 is 4.74 Å². The summed E-state index contributed by atoms with van der Waals surface area (Å²) in [5.74, 6) is 0.484.